The lowest BCUT2D eigenvalue weighted by Crippen LogP contribution is -2.48. The summed E-state index contributed by atoms with van der Waals surface area (Å²) in [6.45, 7) is 0.00748. The fraction of sp³-hybridized carbons (Fsp3) is 0.385. The second-order valence-electron chi connectivity index (χ2n) is 4.60. The number of hydrogen-bond acceptors (Lipinski definition) is 6. The van der Waals surface area contributed by atoms with Crippen LogP contribution in [-0.4, -0.2) is 50.9 Å². The minimum Gasteiger partial charge on any atom is -0.493 e. The van der Waals surface area contributed by atoms with E-state index in [1.54, 1.807) is 18.2 Å². The summed E-state index contributed by atoms with van der Waals surface area (Å²) in [6, 6.07) is 4.98. The molecule has 0 aromatic heterocycles. The number of nitrogens with zero attached hydrogens (tertiary/aromatic N) is 1. The van der Waals surface area contributed by atoms with Gasteiger partial charge in [0.1, 0.15) is 11.5 Å². The molecule has 0 unspecified atom stereocenters. The summed E-state index contributed by atoms with van der Waals surface area (Å²) in [6.07, 6.45) is 0. The Morgan fingerprint density at radius 1 is 1.05 bits per heavy atom. The second kappa shape index (κ2) is 5.72. The number of sulfone groups is 1. The van der Waals surface area contributed by atoms with E-state index >= 15 is 0 Å². The highest BCUT2D eigenvalue weighted by Gasteiger charge is 2.35. The van der Waals surface area contributed by atoms with Crippen LogP contribution >= 0.6 is 0 Å². The molecule has 1 saturated heterocycles. The highest BCUT2D eigenvalue weighted by molar-refractivity contribution is 7.92. The molecule has 1 fully saturated rings. The molecule has 2 rings (SSSR count). The van der Waals surface area contributed by atoms with E-state index in [1.807, 2.05) is 0 Å². The van der Waals surface area contributed by atoms with Crippen molar-refractivity contribution in [3.05, 3.63) is 23.8 Å². The first-order valence-electron chi connectivity index (χ1n) is 6.11. The van der Waals surface area contributed by atoms with E-state index in [0.29, 0.717) is 17.1 Å². The van der Waals surface area contributed by atoms with Crippen LogP contribution < -0.4 is 9.47 Å². The standard InChI is InChI=1S/C13H15NO6S/c1-19-10-4-3-9(5-11(10)20-2)6-14-12(15)7-21(17,18)8-13(14)16/h3-5H,6-8H2,1-2H3. The van der Waals surface area contributed by atoms with Gasteiger partial charge in [-0.15, -0.1) is 0 Å². The average Bonchev–Trinajstić information content (AvgIpc) is 2.41. The summed E-state index contributed by atoms with van der Waals surface area (Å²) < 4.78 is 32.9. The third kappa shape index (κ3) is 3.33. The molecule has 0 radical (unpaired) electrons. The van der Waals surface area contributed by atoms with E-state index in [1.165, 1.54) is 14.2 Å². The van der Waals surface area contributed by atoms with Crippen molar-refractivity contribution >= 4 is 21.7 Å². The molecule has 0 atom stereocenters. The Bertz CT molecular complexity index is 658. The number of ether oxygens (including phenoxy) is 2. The third-order valence-corrected chi connectivity index (χ3v) is 4.45. The topological polar surface area (TPSA) is 90.0 Å². The van der Waals surface area contributed by atoms with Crippen LogP contribution in [0, 0.1) is 0 Å². The van der Waals surface area contributed by atoms with Crippen molar-refractivity contribution in [1.29, 1.82) is 0 Å². The van der Waals surface area contributed by atoms with E-state index in [-0.39, 0.29) is 6.54 Å². The molecule has 1 aromatic rings. The molecule has 7 nitrogen and oxygen atoms in total. The smallest absolute Gasteiger partial charge is 0.244 e. The Hall–Kier alpha value is -2.09. The van der Waals surface area contributed by atoms with Crippen LogP contribution in [-0.2, 0) is 26.0 Å². The molecule has 8 heteroatoms. The van der Waals surface area contributed by atoms with Gasteiger partial charge in [0.2, 0.25) is 11.8 Å². The maximum Gasteiger partial charge on any atom is 0.244 e. The van der Waals surface area contributed by atoms with Crippen molar-refractivity contribution in [2.24, 2.45) is 0 Å². The molecule has 0 aliphatic carbocycles. The number of hydrogen-bond donors (Lipinski definition) is 0. The molecule has 1 aromatic carbocycles. The first-order chi connectivity index (χ1) is 9.86. The summed E-state index contributed by atoms with van der Waals surface area (Å²) >= 11 is 0. The van der Waals surface area contributed by atoms with E-state index in [2.05, 4.69) is 0 Å². The number of methoxy groups -OCH3 is 2. The van der Waals surface area contributed by atoms with Crippen molar-refractivity contribution in [3.63, 3.8) is 0 Å². The predicted molar refractivity (Wildman–Crippen MR) is 73.8 cm³/mol. The van der Waals surface area contributed by atoms with Gasteiger partial charge in [-0.25, -0.2) is 8.42 Å². The molecule has 1 aliphatic heterocycles. The van der Waals surface area contributed by atoms with Gasteiger partial charge in [0.05, 0.1) is 20.8 Å². The number of carbonyl (C=O) groups is 2. The first-order valence-corrected chi connectivity index (χ1v) is 7.93. The maximum atomic E-state index is 11.8. The molecule has 2 amide bonds. The second-order valence-corrected chi connectivity index (χ2v) is 6.66. The minimum absolute atomic E-state index is 0.00748. The lowest BCUT2D eigenvalue weighted by Gasteiger charge is -2.25. The van der Waals surface area contributed by atoms with Gasteiger partial charge >= 0.3 is 0 Å². The Balaban J connectivity index is 2.22. The molecule has 21 heavy (non-hydrogen) atoms. The molecule has 114 valence electrons. The minimum atomic E-state index is -3.62. The fourth-order valence-electron chi connectivity index (χ4n) is 2.06. The normalized spacial score (nSPS) is 17.7. The van der Waals surface area contributed by atoms with E-state index in [4.69, 9.17) is 9.47 Å². The van der Waals surface area contributed by atoms with Crippen LogP contribution in [0.5, 0.6) is 11.5 Å². The maximum absolute atomic E-state index is 11.8. The monoisotopic (exact) mass is 313 g/mol. The van der Waals surface area contributed by atoms with Crippen LogP contribution in [0.1, 0.15) is 5.56 Å². The van der Waals surface area contributed by atoms with Crippen molar-refractivity contribution in [3.8, 4) is 11.5 Å². The number of imide groups is 1. The van der Waals surface area contributed by atoms with Gasteiger partial charge in [-0.05, 0) is 17.7 Å². The molecular formula is C13H15NO6S. The predicted octanol–water partition coefficient (Wildman–Crippen LogP) is -0.0126. The third-order valence-electron chi connectivity index (χ3n) is 3.08. The molecule has 0 saturated carbocycles. The average molecular weight is 313 g/mol. The number of carbonyl (C=O) groups excluding carboxylic acids is 2. The summed E-state index contributed by atoms with van der Waals surface area (Å²) in [4.78, 5) is 24.5. The Morgan fingerprint density at radius 3 is 2.14 bits per heavy atom. The Labute approximate surface area is 122 Å². The zero-order valence-corrected chi connectivity index (χ0v) is 12.5. The van der Waals surface area contributed by atoms with Gasteiger partial charge in [-0.2, -0.15) is 0 Å². The number of rotatable bonds is 4. The van der Waals surface area contributed by atoms with Gasteiger partial charge in [0.15, 0.2) is 21.3 Å². The van der Waals surface area contributed by atoms with Crippen LogP contribution in [0.2, 0.25) is 0 Å². The van der Waals surface area contributed by atoms with Crippen molar-refractivity contribution in [1.82, 2.24) is 4.90 Å². The van der Waals surface area contributed by atoms with Crippen molar-refractivity contribution in [2.75, 3.05) is 25.7 Å². The van der Waals surface area contributed by atoms with Gasteiger partial charge in [-0.1, -0.05) is 6.07 Å². The van der Waals surface area contributed by atoms with Gasteiger partial charge in [0.25, 0.3) is 0 Å². The van der Waals surface area contributed by atoms with Crippen LogP contribution in [0.3, 0.4) is 0 Å². The summed E-state index contributed by atoms with van der Waals surface area (Å²) in [5, 5.41) is 0. The van der Waals surface area contributed by atoms with Crippen molar-refractivity contribution in [2.45, 2.75) is 6.54 Å². The quantitative estimate of drug-likeness (QED) is 0.726. The molecule has 0 N–H and O–H groups in total. The van der Waals surface area contributed by atoms with Crippen LogP contribution in [0.15, 0.2) is 18.2 Å². The molecule has 1 aliphatic rings. The van der Waals surface area contributed by atoms with E-state index < -0.39 is 33.2 Å². The van der Waals surface area contributed by atoms with Crippen LogP contribution in [0.4, 0.5) is 0 Å². The molecule has 0 spiro atoms. The zero-order chi connectivity index (χ0) is 15.6. The lowest BCUT2D eigenvalue weighted by atomic mass is 10.2. The zero-order valence-electron chi connectivity index (χ0n) is 11.7. The van der Waals surface area contributed by atoms with Gasteiger partial charge in [0, 0.05) is 0 Å². The summed E-state index contributed by atoms with van der Waals surface area (Å²) in [5.41, 5.74) is 0.647. The van der Waals surface area contributed by atoms with Gasteiger partial charge in [-0.3, -0.25) is 14.5 Å². The van der Waals surface area contributed by atoms with Gasteiger partial charge < -0.3 is 9.47 Å². The summed E-state index contributed by atoms with van der Waals surface area (Å²) in [7, 11) is -0.638. The molecule has 0 bridgehead atoms. The highest BCUT2D eigenvalue weighted by atomic mass is 32.2. The lowest BCUT2D eigenvalue weighted by molar-refractivity contribution is -0.143. The largest absolute Gasteiger partial charge is 0.493 e. The Morgan fingerprint density at radius 2 is 1.62 bits per heavy atom. The fourth-order valence-corrected chi connectivity index (χ4v) is 3.23. The number of amides is 2. The number of benzene rings is 1. The van der Waals surface area contributed by atoms with Crippen molar-refractivity contribution < 1.29 is 27.5 Å². The SMILES string of the molecule is COc1ccc(CN2C(=O)CS(=O)(=O)CC2=O)cc1OC. The Kier molecular flexibility index (Phi) is 4.17. The van der Waals surface area contributed by atoms with E-state index in [9.17, 15) is 18.0 Å². The molecular weight excluding hydrogens is 298 g/mol. The first kappa shape index (κ1) is 15.3. The highest BCUT2D eigenvalue weighted by Crippen LogP contribution is 2.28. The summed E-state index contributed by atoms with van der Waals surface area (Å²) in [5.74, 6) is -1.68. The van der Waals surface area contributed by atoms with Crippen LogP contribution in [0.25, 0.3) is 0 Å². The van der Waals surface area contributed by atoms with E-state index in [0.717, 1.165) is 4.90 Å². The molecule has 1 heterocycles.